The van der Waals surface area contributed by atoms with Gasteiger partial charge in [-0.05, 0) is 31.5 Å². The van der Waals surface area contributed by atoms with Crippen LogP contribution in [-0.2, 0) is 24.4 Å². The molecule has 1 unspecified atom stereocenters. The summed E-state index contributed by atoms with van der Waals surface area (Å²) in [7, 11) is 4.36. The van der Waals surface area contributed by atoms with Crippen LogP contribution in [0.15, 0.2) is 24.5 Å². The molecule has 1 atom stereocenters. The number of halogens is 2. The van der Waals surface area contributed by atoms with E-state index in [1.165, 1.54) is 31.5 Å². The quantitative estimate of drug-likeness (QED) is 0.357. The van der Waals surface area contributed by atoms with Crippen LogP contribution in [0.3, 0.4) is 0 Å². The Morgan fingerprint density at radius 1 is 1.11 bits per heavy atom. The van der Waals surface area contributed by atoms with Crippen molar-refractivity contribution in [2.75, 3.05) is 45.8 Å². The van der Waals surface area contributed by atoms with Crippen molar-refractivity contribution in [2.24, 2.45) is 5.73 Å². The van der Waals surface area contributed by atoms with Crippen molar-refractivity contribution in [3.8, 4) is 17.2 Å². The second-order valence-electron chi connectivity index (χ2n) is 10.4. The van der Waals surface area contributed by atoms with Crippen LogP contribution in [0, 0.1) is 11.6 Å². The molecule has 44 heavy (non-hydrogen) atoms. The molecule has 3 amide bonds. The van der Waals surface area contributed by atoms with Crippen LogP contribution < -0.4 is 24.8 Å². The minimum atomic E-state index is -0.929. The van der Waals surface area contributed by atoms with E-state index in [1.807, 2.05) is 11.9 Å². The zero-order valence-corrected chi connectivity index (χ0v) is 24.4. The molecule has 4 heterocycles. The minimum Gasteiger partial charge on any atom is -0.494 e. The van der Waals surface area contributed by atoms with Crippen LogP contribution in [0.25, 0.3) is 0 Å². The maximum atomic E-state index is 14.7. The third kappa shape index (κ3) is 5.95. The first-order valence-corrected chi connectivity index (χ1v) is 13.7. The molecule has 2 aliphatic heterocycles. The summed E-state index contributed by atoms with van der Waals surface area (Å²) in [5, 5.41) is 0. The van der Waals surface area contributed by atoms with Crippen molar-refractivity contribution in [3.63, 3.8) is 0 Å². The van der Waals surface area contributed by atoms with Crippen molar-refractivity contribution in [1.82, 2.24) is 24.8 Å². The molecule has 3 aromatic rings. The number of rotatable bonds is 9. The molecule has 0 aliphatic carbocycles. The second kappa shape index (κ2) is 12.8. The van der Waals surface area contributed by atoms with Gasteiger partial charge in [0.05, 0.1) is 38.7 Å². The van der Waals surface area contributed by atoms with Crippen molar-refractivity contribution < 1.29 is 37.4 Å². The number of aldehydes is 1. The van der Waals surface area contributed by atoms with E-state index in [0.717, 1.165) is 6.07 Å². The summed E-state index contributed by atoms with van der Waals surface area (Å²) >= 11 is 0. The second-order valence-corrected chi connectivity index (χ2v) is 10.4. The third-order valence-corrected chi connectivity index (χ3v) is 7.63. The molecule has 2 N–H and O–H groups in total. The lowest BCUT2D eigenvalue weighted by atomic mass is 9.96. The summed E-state index contributed by atoms with van der Waals surface area (Å²) in [5.41, 5.74) is 6.74. The Bertz CT molecular complexity index is 1560. The minimum absolute atomic E-state index is 0.0461. The summed E-state index contributed by atoms with van der Waals surface area (Å²) in [4.78, 5) is 55.1. The predicted octanol–water partition coefficient (Wildman–Crippen LogP) is 2.41. The van der Waals surface area contributed by atoms with Gasteiger partial charge in [-0.25, -0.2) is 28.5 Å². The van der Waals surface area contributed by atoms with Crippen LogP contribution in [0.1, 0.15) is 45.5 Å². The van der Waals surface area contributed by atoms with E-state index in [4.69, 9.17) is 19.9 Å². The van der Waals surface area contributed by atoms with E-state index in [-0.39, 0.29) is 47.0 Å². The molecule has 15 heteroatoms. The summed E-state index contributed by atoms with van der Waals surface area (Å²) in [6.07, 6.45) is 4.07. The summed E-state index contributed by atoms with van der Waals surface area (Å²) in [6, 6.07) is 1.36. The van der Waals surface area contributed by atoms with E-state index < -0.39 is 35.9 Å². The number of anilines is 1. The highest BCUT2D eigenvalue weighted by molar-refractivity contribution is 5.92. The fourth-order valence-corrected chi connectivity index (χ4v) is 5.29. The van der Waals surface area contributed by atoms with E-state index in [1.54, 1.807) is 11.0 Å². The number of nitrogens with zero attached hydrogens (tertiary/aromatic N) is 6. The Labute approximate surface area is 251 Å². The summed E-state index contributed by atoms with van der Waals surface area (Å²) in [5.74, 6) is -1.76. The largest absolute Gasteiger partial charge is 0.494 e. The Kier molecular flexibility index (Phi) is 8.85. The summed E-state index contributed by atoms with van der Waals surface area (Å²) < 4.78 is 44.8. The van der Waals surface area contributed by atoms with Gasteiger partial charge in [0.2, 0.25) is 5.91 Å². The number of aromatic nitrogens is 3. The van der Waals surface area contributed by atoms with Crippen LogP contribution >= 0.6 is 0 Å². The number of nitrogens with two attached hydrogens (primary N) is 1. The number of hydrogen-bond acceptors (Lipinski definition) is 10. The monoisotopic (exact) mass is 611 g/mol. The number of carbonyl (C=O) groups is 3. The van der Waals surface area contributed by atoms with E-state index >= 15 is 0 Å². The zero-order valence-electron chi connectivity index (χ0n) is 24.4. The highest BCUT2D eigenvalue weighted by Crippen LogP contribution is 2.37. The molecule has 2 aliphatic rings. The number of amides is 3. The van der Waals surface area contributed by atoms with Gasteiger partial charge in [0, 0.05) is 31.3 Å². The number of piperazine rings is 1. The van der Waals surface area contributed by atoms with Crippen LogP contribution in [-0.4, -0.2) is 83.9 Å². The van der Waals surface area contributed by atoms with Crippen molar-refractivity contribution in [2.45, 2.75) is 32.0 Å². The van der Waals surface area contributed by atoms with Gasteiger partial charge in [0.1, 0.15) is 24.2 Å². The summed E-state index contributed by atoms with van der Waals surface area (Å²) in [6.45, 7) is 1.25. The van der Waals surface area contributed by atoms with Gasteiger partial charge < -0.3 is 24.8 Å². The molecule has 1 fully saturated rings. The molecule has 0 radical (unpaired) electrons. The highest BCUT2D eigenvalue weighted by Gasteiger charge is 2.35. The first-order chi connectivity index (χ1) is 21.1. The molecule has 1 saturated heterocycles. The molecule has 232 valence electrons. The smallest absolute Gasteiger partial charge is 0.321 e. The van der Waals surface area contributed by atoms with Gasteiger partial charge in [-0.15, -0.1) is 0 Å². The number of primary amides is 1. The van der Waals surface area contributed by atoms with Gasteiger partial charge in [0.25, 0.3) is 0 Å². The Hall–Kier alpha value is -4.92. The SMILES string of the molecule is COc1cc(OC)c(F)c(COc2cnc(C3CCc4cc(CN5CCN(C)CC5=O)c(C=O)nc4N3C(N)=O)nc2)c1F. The third-order valence-electron chi connectivity index (χ3n) is 7.63. The number of carbonyl (C=O) groups excluding carboxylic acids is 3. The number of hydrogen-bond donors (Lipinski definition) is 1. The number of urea groups is 1. The van der Waals surface area contributed by atoms with E-state index in [2.05, 4.69) is 15.0 Å². The number of ether oxygens (including phenoxy) is 3. The molecule has 2 aromatic heterocycles. The number of benzene rings is 1. The molecular weight excluding hydrogens is 580 g/mol. The average molecular weight is 612 g/mol. The molecular formula is C29H31F2N7O6. The van der Waals surface area contributed by atoms with Gasteiger partial charge in [-0.2, -0.15) is 0 Å². The topological polar surface area (TPSA) is 153 Å². The molecule has 1 aromatic carbocycles. The standard InChI is InChI=1S/C29H31F2N7O6/c1-36-6-7-37(24(40)13-36)12-17-8-16-4-5-21(38(29(32)41)28(16)35-20(17)14-39)27-33-10-18(11-34-27)44-15-19-25(30)22(42-2)9-23(43-3)26(19)31/h8-11,14,21H,4-7,12-13,15H2,1-3H3,(H2,32,41). The number of likely N-dealkylation sites (N-methyl/N-ethyl adjacent to an activating group) is 1. The highest BCUT2D eigenvalue weighted by atomic mass is 19.1. The molecule has 13 nitrogen and oxygen atoms in total. The lowest BCUT2D eigenvalue weighted by Crippen LogP contribution is -2.48. The predicted molar refractivity (Wildman–Crippen MR) is 151 cm³/mol. The molecule has 5 rings (SSSR count). The fraction of sp³-hybridized carbons (Fsp3) is 0.379. The van der Waals surface area contributed by atoms with Crippen LogP contribution in [0.4, 0.5) is 19.4 Å². The van der Waals surface area contributed by atoms with Gasteiger partial charge in [-0.3, -0.25) is 19.4 Å². The lowest BCUT2D eigenvalue weighted by molar-refractivity contribution is -0.136. The molecule has 0 bridgehead atoms. The average Bonchev–Trinajstić information content (AvgIpc) is 3.01. The van der Waals surface area contributed by atoms with E-state index in [9.17, 15) is 23.2 Å². The van der Waals surface area contributed by atoms with Crippen molar-refractivity contribution >= 4 is 24.0 Å². The van der Waals surface area contributed by atoms with Crippen LogP contribution in [0.5, 0.6) is 17.2 Å². The molecule has 0 spiro atoms. The van der Waals surface area contributed by atoms with Gasteiger partial charge >= 0.3 is 6.03 Å². The van der Waals surface area contributed by atoms with Gasteiger partial charge in [0.15, 0.2) is 41.0 Å². The van der Waals surface area contributed by atoms with Crippen molar-refractivity contribution in [1.29, 1.82) is 0 Å². The number of pyridine rings is 1. The Balaban J connectivity index is 1.35. The number of fused-ring (bicyclic) bond motifs is 1. The first kappa shape index (κ1) is 30.5. The normalized spacial score (nSPS) is 16.8. The van der Waals surface area contributed by atoms with Crippen LogP contribution in [0.2, 0.25) is 0 Å². The van der Waals surface area contributed by atoms with Crippen molar-refractivity contribution in [3.05, 3.63) is 64.4 Å². The molecule has 0 saturated carbocycles. The Morgan fingerprint density at radius 3 is 2.39 bits per heavy atom. The Morgan fingerprint density at radius 2 is 1.80 bits per heavy atom. The van der Waals surface area contributed by atoms with Gasteiger partial charge in [-0.1, -0.05) is 0 Å². The van der Waals surface area contributed by atoms with E-state index in [0.29, 0.717) is 49.9 Å². The maximum Gasteiger partial charge on any atom is 0.321 e. The maximum absolute atomic E-state index is 14.7. The fourth-order valence-electron chi connectivity index (χ4n) is 5.29. The number of methoxy groups -OCH3 is 2. The lowest BCUT2D eigenvalue weighted by Gasteiger charge is -2.35. The number of aryl methyl sites for hydroxylation is 1. The zero-order chi connectivity index (χ0) is 31.5. The first-order valence-electron chi connectivity index (χ1n) is 13.7.